The van der Waals surface area contributed by atoms with Crippen LogP contribution in [0, 0.1) is 0 Å². The first-order chi connectivity index (χ1) is 7.51. The fourth-order valence-electron chi connectivity index (χ4n) is 1.49. The molecule has 1 unspecified atom stereocenters. The van der Waals surface area contributed by atoms with Crippen LogP contribution in [-0.4, -0.2) is 11.4 Å². The average Bonchev–Trinajstić information content (AvgIpc) is 2.28. The zero-order valence-electron chi connectivity index (χ0n) is 8.82. The minimum absolute atomic E-state index is 0.348. The molecule has 84 valence electrons. The average molecular weight is 222 g/mol. The number of nitrogens with two attached hydrogens (primary N) is 1. The van der Waals surface area contributed by atoms with Gasteiger partial charge in [0, 0.05) is 11.6 Å². The van der Waals surface area contributed by atoms with Gasteiger partial charge < -0.3 is 5.73 Å². The molecule has 1 aromatic heterocycles. The van der Waals surface area contributed by atoms with Crippen molar-refractivity contribution in [3.05, 3.63) is 42.1 Å². The Bertz CT molecular complexity index is 509. The van der Waals surface area contributed by atoms with E-state index < -0.39 is 12.0 Å². The maximum atomic E-state index is 12.7. The Hall–Kier alpha value is -1.55. The first kappa shape index (κ1) is 11.0. The van der Waals surface area contributed by atoms with Crippen molar-refractivity contribution >= 4 is 10.9 Å². The summed E-state index contributed by atoms with van der Waals surface area (Å²) in [5.41, 5.74) is 5.05. The van der Waals surface area contributed by atoms with Crippen molar-refractivity contribution in [2.45, 2.75) is 18.9 Å². The van der Waals surface area contributed by atoms with Crippen LogP contribution in [0.2, 0.25) is 0 Å². The molecule has 0 aliphatic rings. The normalized spacial score (nSPS) is 15.3. The van der Waals surface area contributed by atoms with E-state index in [1.807, 2.05) is 24.3 Å². The van der Waals surface area contributed by atoms with Gasteiger partial charge in [0.2, 0.25) is 0 Å². The number of alkyl halides is 2. The van der Waals surface area contributed by atoms with Gasteiger partial charge in [-0.05, 0) is 24.6 Å². The zero-order chi connectivity index (χ0) is 11.8. The van der Waals surface area contributed by atoms with Crippen LogP contribution in [0.4, 0.5) is 8.78 Å². The van der Waals surface area contributed by atoms with Crippen molar-refractivity contribution in [1.82, 2.24) is 4.98 Å². The van der Waals surface area contributed by atoms with Crippen molar-refractivity contribution in [2.24, 2.45) is 5.73 Å². The molecular weight excluding hydrogens is 210 g/mol. The largest absolute Gasteiger partial charge is 0.317 e. The van der Waals surface area contributed by atoms with E-state index in [1.54, 1.807) is 6.07 Å². The quantitative estimate of drug-likeness (QED) is 0.848. The highest BCUT2D eigenvalue weighted by Gasteiger charge is 2.32. The first-order valence-electron chi connectivity index (χ1n) is 4.94. The SMILES string of the molecule is CC(N)(c1cnc2ccccc2c1)C(F)F. The van der Waals surface area contributed by atoms with Gasteiger partial charge in [0.05, 0.1) is 5.52 Å². The highest BCUT2D eigenvalue weighted by molar-refractivity contribution is 5.78. The zero-order valence-corrected chi connectivity index (χ0v) is 8.82. The number of hydrogen-bond acceptors (Lipinski definition) is 2. The predicted molar refractivity (Wildman–Crippen MR) is 59.3 cm³/mol. The Morgan fingerprint density at radius 1 is 1.31 bits per heavy atom. The molecule has 0 amide bonds. The molecular formula is C12H12F2N2. The topological polar surface area (TPSA) is 38.9 Å². The van der Waals surface area contributed by atoms with Crippen LogP contribution < -0.4 is 5.73 Å². The summed E-state index contributed by atoms with van der Waals surface area (Å²) in [4.78, 5) is 4.12. The number of aromatic nitrogens is 1. The maximum absolute atomic E-state index is 12.7. The number of nitrogens with zero attached hydrogens (tertiary/aromatic N) is 1. The van der Waals surface area contributed by atoms with E-state index in [9.17, 15) is 8.78 Å². The molecule has 1 atom stereocenters. The predicted octanol–water partition coefficient (Wildman–Crippen LogP) is 2.67. The highest BCUT2D eigenvalue weighted by atomic mass is 19.3. The van der Waals surface area contributed by atoms with Gasteiger partial charge in [-0.3, -0.25) is 4.98 Å². The Morgan fingerprint density at radius 2 is 2.00 bits per heavy atom. The number of benzene rings is 1. The van der Waals surface area contributed by atoms with Crippen molar-refractivity contribution in [1.29, 1.82) is 0 Å². The molecule has 2 nitrogen and oxygen atoms in total. The summed E-state index contributed by atoms with van der Waals surface area (Å²) in [5, 5.41) is 0.817. The van der Waals surface area contributed by atoms with Gasteiger partial charge in [-0.1, -0.05) is 18.2 Å². The van der Waals surface area contributed by atoms with E-state index in [0.717, 1.165) is 10.9 Å². The summed E-state index contributed by atoms with van der Waals surface area (Å²) in [6.45, 7) is 1.31. The minimum atomic E-state index is -2.62. The van der Waals surface area contributed by atoms with Crippen LogP contribution in [-0.2, 0) is 5.54 Å². The van der Waals surface area contributed by atoms with Crippen molar-refractivity contribution < 1.29 is 8.78 Å². The second-order valence-electron chi connectivity index (χ2n) is 4.00. The molecule has 0 saturated heterocycles. The van der Waals surface area contributed by atoms with Crippen LogP contribution in [0.1, 0.15) is 12.5 Å². The Labute approximate surface area is 92.1 Å². The third-order valence-corrected chi connectivity index (χ3v) is 2.67. The molecule has 4 heteroatoms. The van der Waals surface area contributed by atoms with E-state index in [2.05, 4.69) is 4.98 Å². The molecule has 0 radical (unpaired) electrons. The molecule has 0 aliphatic carbocycles. The number of halogens is 2. The van der Waals surface area contributed by atoms with Crippen LogP contribution >= 0.6 is 0 Å². The van der Waals surface area contributed by atoms with Crippen molar-refractivity contribution in [2.75, 3.05) is 0 Å². The second kappa shape index (κ2) is 3.79. The molecule has 2 rings (SSSR count). The third kappa shape index (κ3) is 1.76. The molecule has 2 N–H and O–H groups in total. The number of para-hydroxylation sites is 1. The van der Waals surface area contributed by atoms with Crippen LogP contribution in [0.5, 0.6) is 0 Å². The van der Waals surface area contributed by atoms with Gasteiger partial charge in [0.15, 0.2) is 0 Å². The molecule has 1 heterocycles. The standard InChI is InChI=1S/C12H12F2N2/c1-12(15,11(13)14)9-6-8-4-2-3-5-10(8)16-7-9/h2-7,11H,15H2,1H3. The summed E-state index contributed by atoms with van der Waals surface area (Å²) in [6, 6.07) is 9.00. The molecule has 0 fully saturated rings. The summed E-state index contributed by atoms with van der Waals surface area (Å²) in [6.07, 6.45) is -1.20. The lowest BCUT2D eigenvalue weighted by molar-refractivity contribution is 0.0624. The third-order valence-electron chi connectivity index (χ3n) is 2.67. The smallest absolute Gasteiger partial charge is 0.260 e. The number of rotatable bonds is 2. The second-order valence-corrected chi connectivity index (χ2v) is 4.00. The lowest BCUT2D eigenvalue weighted by Gasteiger charge is -2.23. The van der Waals surface area contributed by atoms with Crippen molar-refractivity contribution in [3.63, 3.8) is 0 Å². The van der Waals surface area contributed by atoms with Gasteiger partial charge >= 0.3 is 0 Å². The Kier molecular flexibility index (Phi) is 2.59. The highest BCUT2D eigenvalue weighted by Crippen LogP contribution is 2.26. The maximum Gasteiger partial charge on any atom is 0.260 e. The van der Waals surface area contributed by atoms with E-state index in [1.165, 1.54) is 13.1 Å². The fraction of sp³-hybridized carbons (Fsp3) is 0.250. The monoisotopic (exact) mass is 222 g/mol. The van der Waals surface area contributed by atoms with Crippen molar-refractivity contribution in [3.8, 4) is 0 Å². The van der Waals surface area contributed by atoms with Gasteiger partial charge in [-0.2, -0.15) is 0 Å². The van der Waals surface area contributed by atoms with Gasteiger partial charge in [-0.15, -0.1) is 0 Å². The first-order valence-corrected chi connectivity index (χ1v) is 4.94. The van der Waals surface area contributed by atoms with Crippen LogP contribution in [0.15, 0.2) is 36.5 Å². The van der Waals surface area contributed by atoms with E-state index >= 15 is 0 Å². The van der Waals surface area contributed by atoms with Crippen LogP contribution in [0.3, 0.4) is 0 Å². The fourth-order valence-corrected chi connectivity index (χ4v) is 1.49. The number of pyridine rings is 1. The van der Waals surface area contributed by atoms with Gasteiger partial charge in [0.1, 0.15) is 5.54 Å². The van der Waals surface area contributed by atoms with E-state index in [-0.39, 0.29) is 0 Å². The summed E-state index contributed by atoms with van der Waals surface area (Å²) in [7, 11) is 0. The summed E-state index contributed by atoms with van der Waals surface area (Å²) < 4.78 is 25.5. The summed E-state index contributed by atoms with van der Waals surface area (Å²) >= 11 is 0. The number of hydrogen-bond donors (Lipinski definition) is 1. The molecule has 1 aromatic carbocycles. The van der Waals surface area contributed by atoms with E-state index in [0.29, 0.717) is 5.56 Å². The Morgan fingerprint density at radius 3 is 2.69 bits per heavy atom. The minimum Gasteiger partial charge on any atom is -0.317 e. The molecule has 16 heavy (non-hydrogen) atoms. The summed E-state index contributed by atoms with van der Waals surface area (Å²) in [5.74, 6) is 0. The Balaban J connectivity index is 2.55. The molecule has 0 bridgehead atoms. The lowest BCUT2D eigenvalue weighted by atomic mass is 9.94. The number of fused-ring (bicyclic) bond motifs is 1. The van der Waals surface area contributed by atoms with Gasteiger partial charge in [0.25, 0.3) is 6.43 Å². The van der Waals surface area contributed by atoms with Crippen LogP contribution in [0.25, 0.3) is 10.9 Å². The van der Waals surface area contributed by atoms with E-state index in [4.69, 9.17) is 5.73 Å². The van der Waals surface area contributed by atoms with Gasteiger partial charge in [-0.25, -0.2) is 8.78 Å². The molecule has 0 aliphatic heterocycles. The lowest BCUT2D eigenvalue weighted by Crippen LogP contribution is -2.40. The molecule has 0 spiro atoms. The molecule has 2 aromatic rings. The molecule has 0 saturated carbocycles.